The van der Waals surface area contributed by atoms with Crippen molar-refractivity contribution < 1.29 is 0 Å². The van der Waals surface area contributed by atoms with Crippen molar-refractivity contribution in [2.24, 2.45) is 4.99 Å². The van der Waals surface area contributed by atoms with Crippen LogP contribution >= 0.6 is 0 Å². The van der Waals surface area contributed by atoms with Crippen LogP contribution in [0.5, 0.6) is 0 Å². The van der Waals surface area contributed by atoms with Crippen LogP contribution < -0.4 is 5.32 Å². The number of likely N-dealkylation sites (N-methyl/N-ethyl adjacent to an activating group) is 1. The van der Waals surface area contributed by atoms with Gasteiger partial charge in [0.05, 0.1) is 18.4 Å². The molecule has 0 amide bonds. The third-order valence-corrected chi connectivity index (χ3v) is 5.37. The Morgan fingerprint density at radius 3 is 2.67 bits per heavy atom. The second-order valence-electron chi connectivity index (χ2n) is 7.36. The van der Waals surface area contributed by atoms with E-state index in [9.17, 15) is 0 Å². The molecule has 1 fully saturated rings. The molecular formula is C21H32N6. The largest absolute Gasteiger partial charge is 0.355 e. The quantitative estimate of drug-likeness (QED) is 0.583. The molecule has 27 heavy (non-hydrogen) atoms. The van der Waals surface area contributed by atoms with Crippen LogP contribution in [-0.2, 0) is 6.54 Å². The first-order valence-corrected chi connectivity index (χ1v) is 9.88. The lowest BCUT2D eigenvalue weighted by Gasteiger charge is -2.26. The van der Waals surface area contributed by atoms with Crippen molar-refractivity contribution in [2.45, 2.75) is 38.3 Å². The van der Waals surface area contributed by atoms with Crippen LogP contribution in [0.25, 0.3) is 11.3 Å². The summed E-state index contributed by atoms with van der Waals surface area (Å²) in [5.41, 5.74) is 2.19. The maximum Gasteiger partial charge on any atom is 0.193 e. The van der Waals surface area contributed by atoms with E-state index in [-0.39, 0.29) is 0 Å². The molecule has 2 aromatic rings. The zero-order chi connectivity index (χ0) is 19.1. The predicted molar refractivity (Wildman–Crippen MR) is 112 cm³/mol. The van der Waals surface area contributed by atoms with Gasteiger partial charge in [0.2, 0.25) is 0 Å². The van der Waals surface area contributed by atoms with Crippen molar-refractivity contribution in [2.75, 3.05) is 34.2 Å². The van der Waals surface area contributed by atoms with Gasteiger partial charge in [-0.2, -0.15) is 0 Å². The fraction of sp³-hybridized carbons (Fsp3) is 0.524. The van der Waals surface area contributed by atoms with Gasteiger partial charge in [0, 0.05) is 33.2 Å². The molecule has 1 aliphatic rings. The van der Waals surface area contributed by atoms with Crippen LogP contribution in [0.2, 0.25) is 0 Å². The molecule has 0 bridgehead atoms. The Balaban J connectivity index is 1.48. The van der Waals surface area contributed by atoms with E-state index in [1.807, 2.05) is 38.5 Å². The predicted octanol–water partition coefficient (Wildman–Crippen LogP) is 2.96. The summed E-state index contributed by atoms with van der Waals surface area (Å²) >= 11 is 0. The van der Waals surface area contributed by atoms with Gasteiger partial charge in [0.25, 0.3) is 0 Å². The maximum atomic E-state index is 4.52. The molecule has 1 saturated carbocycles. The summed E-state index contributed by atoms with van der Waals surface area (Å²) in [7, 11) is 6.11. The summed E-state index contributed by atoms with van der Waals surface area (Å²) in [6.45, 7) is 2.62. The highest BCUT2D eigenvalue weighted by Crippen LogP contribution is 2.21. The lowest BCUT2D eigenvalue weighted by atomic mass is 10.2. The molecule has 0 unspecified atom stereocenters. The molecule has 1 aromatic heterocycles. The Kier molecular flexibility index (Phi) is 6.87. The Hall–Kier alpha value is -2.34. The molecule has 0 atom stereocenters. The molecule has 1 aliphatic carbocycles. The van der Waals surface area contributed by atoms with Crippen LogP contribution in [0.3, 0.4) is 0 Å². The molecule has 6 nitrogen and oxygen atoms in total. The first kappa shape index (κ1) is 19.4. The van der Waals surface area contributed by atoms with Crippen LogP contribution in [-0.4, -0.2) is 66.0 Å². The van der Waals surface area contributed by atoms with Gasteiger partial charge in [0.1, 0.15) is 5.82 Å². The van der Waals surface area contributed by atoms with Crippen molar-refractivity contribution in [3.8, 4) is 11.3 Å². The minimum atomic E-state index is 0.685. The Morgan fingerprint density at radius 1 is 1.22 bits per heavy atom. The second kappa shape index (κ2) is 9.55. The summed E-state index contributed by atoms with van der Waals surface area (Å²) < 4.78 is 0. The maximum absolute atomic E-state index is 4.52. The van der Waals surface area contributed by atoms with Gasteiger partial charge in [0.15, 0.2) is 5.96 Å². The summed E-state index contributed by atoms with van der Waals surface area (Å²) in [4.78, 5) is 16.9. The topological polar surface area (TPSA) is 59.6 Å². The molecule has 1 aromatic carbocycles. The minimum Gasteiger partial charge on any atom is -0.355 e. The van der Waals surface area contributed by atoms with Gasteiger partial charge in [-0.1, -0.05) is 43.2 Å². The monoisotopic (exact) mass is 368 g/mol. The Labute approximate surface area is 162 Å². The number of H-pyrrole nitrogens is 1. The third kappa shape index (κ3) is 5.32. The fourth-order valence-electron chi connectivity index (χ4n) is 3.76. The van der Waals surface area contributed by atoms with Crippen molar-refractivity contribution in [3.63, 3.8) is 0 Å². The van der Waals surface area contributed by atoms with Crippen molar-refractivity contribution in [3.05, 3.63) is 42.4 Å². The zero-order valence-electron chi connectivity index (χ0n) is 16.8. The van der Waals surface area contributed by atoms with E-state index in [2.05, 4.69) is 49.3 Å². The average molecular weight is 369 g/mol. The SMILES string of the molecule is CN=C(NCCN(C)C1CCCC1)N(C)Cc1ncc(-c2ccccc2)[nH]1. The van der Waals surface area contributed by atoms with E-state index in [4.69, 9.17) is 0 Å². The zero-order valence-corrected chi connectivity index (χ0v) is 16.8. The highest BCUT2D eigenvalue weighted by molar-refractivity contribution is 5.79. The highest BCUT2D eigenvalue weighted by atomic mass is 15.3. The van der Waals surface area contributed by atoms with Crippen LogP contribution in [0.1, 0.15) is 31.5 Å². The number of hydrogen-bond donors (Lipinski definition) is 2. The van der Waals surface area contributed by atoms with Crippen molar-refractivity contribution in [1.82, 2.24) is 25.1 Å². The summed E-state index contributed by atoms with van der Waals surface area (Å²) in [6.07, 6.45) is 7.33. The second-order valence-corrected chi connectivity index (χ2v) is 7.36. The number of aliphatic imine (C=N–C) groups is 1. The number of rotatable bonds is 7. The number of aromatic amines is 1. The van der Waals surface area contributed by atoms with Crippen LogP contribution in [0.4, 0.5) is 0 Å². The third-order valence-electron chi connectivity index (χ3n) is 5.37. The minimum absolute atomic E-state index is 0.685. The number of hydrogen-bond acceptors (Lipinski definition) is 3. The summed E-state index contributed by atoms with van der Waals surface area (Å²) in [6, 6.07) is 11.0. The van der Waals surface area contributed by atoms with E-state index in [0.29, 0.717) is 6.54 Å². The van der Waals surface area contributed by atoms with Gasteiger partial charge in [-0.25, -0.2) is 4.98 Å². The first-order valence-electron chi connectivity index (χ1n) is 9.88. The van der Waals surface area contributed by atoms with E-state index in [1.165, 1.54) is 25.7 Å². The summed E-state index contributed by atoms with van der Waals surface area (Å²) in [5.74, 6) is 1.83. The molecule has 0 spiro atoms. The highest BCUT2D eigenvalue weighted by Gasteiger charge is 2.19. The van der Waals surface area contributed by atoms with E-state index in [0.717, 1.165) is 42.2 Å². The Morgan fingerprint density at radius 2 is 1.96 bits per heavy atom. The van der Waals surface area contributed by atoms with Gasteiger partial charge >= 0.3 is 0 Å². The standard InChI is InChI=1S/C21H32N6/c1-22-21(23-13-14-26(2)18-11-7-8-12-18)27(3)16-20-24-15-19(25-20)17-9-5-4-6-10-17/h4-6,9-10,15,18H,7-8,11-14,16H2,1-3H3,(H,22,23)(H,24,25). The van der Waals surface area contributed by atoms with E-state index in [1.54, 1.807) is 0 Å². The van der Waals surface area contributed by atoms with Gasteiger partial charge in [-0.05, 0) is 25.5 Å². The molecule has 3 rings (SSSR count). The molecule has 0 saturated heterocycles. The number of benzene rings is 1. The van der Waals surface area contributed by atoms with Crippen molar-refractivity contribution in [1.29, 1.82) is 0 Å². The molecule has 146 valence electrons. The number of imidazole rings is 1. The molecule has 1 heterocycles. The lowest BCUT2D eigenvalue weighted by molar-refractivity contribution is 0.248. The first-order chi connectivity index (χ1) is 13.2. The van der Waals surface area contributed by atoms with Crippen molar-refractivity contribution >= 4 is 5.96 Å². The number of nitrogens with zero attached hydrogens (tertiary/aromatic N) is 4. The smallest absolute Gasteiger partial charge is 0.193 e. The molecule has 6 heteroatoms. The molecule has 0 aliphatic heterocycles. The summed E-state index contributed by atoms with van der Waals surface area (Å²) in [5, 5.41) is 3.47. The number of guanidine groups is 1. The fourth-order valence-corrected chi connectivity index (χ4v) is 3.76. The molecule has 2 N–H and O–H groups in total. The van der Waals surface area contributed by atoms with Crippen LogP contribution in [0.15, 0.2) is 41.5 Å². The average Bonchev–Trinajstić information content (AvgIpc) is 3.38. The van der Waals surface area contributed by atoms with Gasteiger partial charge < -0.3 is 20.1 Å². The van der Waals surface area contributed by atoms with E-state index < -0.39 is 0 Å². The van der Waals surface area contributed by atoms with E-state index >= 15 is 0 Å². The molecule has 0 radical (unpaired) electrons. The van der Waals surface area contributed by atoms with Gasteiger partial charge in [-0.15, -0.1) is 0 Å². The normalized spacial score (nSPS) is 15.5. The van der Waals surface area contributed by atoms with Gasteiger partial charge in [-0.3, -0.25) is 4.99 Å². The lowest BCUT2D eigenvalue weighted by Crippen LogP contribution is -2.43. The number of nitrogens with one attached hydrogen (secondary N) is 2. The Bertz CT molecular complexity index is 717. The van der Waals surface area contributed by atoms with Crippen LogP contribution in [0, 0.1) is 0 Å². The number of aromatic nitrogens is 2. The molecular weight excluding hydrogens is 336 g/mol.